The van der Waals surface area contributed by atoms with Crippen LogP contribution >= 0.6 is 0 Å². The number of hydrogen-bond donors (Lipinski definition) is 0. The van der Waals surface area contributed by atoms with Gasteiger partial charge in [0, 0.05) is 11.1 Å². The van der Waals surface area contributed by atoms with Gasteiger partial charge in [-0.1, -0.05) is 48.0 Å². The molecule has 0 aliphatic heterocycles. The van der Waals surface area contributed by atoms with E-state index in [1.54, 1.807) is 0 Å². The van der Waals surface area contributed by atoms with Crippen LogP contribution in [0.15, 0.2) is 73.2 Å². The van der Waals surface area contributed by atoms with Crippen molar-refractivity contribution in [2.24, 2.45) is 0 Å². The summed E-state index contributed by atoms with van der Waals surface area (Å²) in [5.74, 6) is -71.4. The minimum atomic E-state index is -7.22. The van der Waals surface area contributed by atoms with Gasteiger partial charge in [-0.3, -0.25) is 4.98 Å². The molecule has 2 nitrogen and oxygen atoms in total. The maximum Gasteiger partial charge on any atom is 0.231 e. The quantitative estimate of drug-likeness (QED) is 0.0513. The molecular weight excluding hydrogens is 923 g/mol. The van der Waals surface area contributed by atoms with E-state index in [1.165, 1.54) is 16.7 Å². The minimum absolute atomic E-state index is 0.854. The first-order valence-electron chi connectivity index (χ1n) is 17.7. The SMILES string of the molecule is Cc1cccc(-c2cncc[n+]2Cc2ccccc2)c1.Fc1c(F)c(F)c([B-](c2c(F)c(F)c(F)c(F)c2F)(c2c(F)c(F)c(F)c(F)c2F)c2c(F)c(F)c(F)c(F)c2F)c(F)c1F. The highest BCUT2D eigenvalue weighted by atomic mass is 19.2. The number of benzene rings is 6. The standard InChI is InChI=1S/C24BF20.C18H17N2/c26-5-1(6(27)14(35)21(42)13(5)34)25(2-7(28)15(36)22(43)16(37)8(2)29,3-9(30)17(38)23(44)18(39)10(3)31)4-11(32)19(40)24(45)20(41)12(4)33;1-15-6-5-9-17(12-15)18-13-19-10-11-20(18)14-16-7-3-2-4-8-16/h;2-13H,14H2,1H3/q-1;+1. The van der Waals surface area contributed by atoms with Crippen LogP contribution < -0.4 is 26.4 Å². The smallest absolute Gasteiger partial charge is 0.231 e. The molecule has 7 aromatic rings. The number of aromatic nitrogens is 2. The molecule has 1 heterocycles. The molecule has 0 amide bonds. The zero-order valence-corrected chi connectivity index (χ0v) is 31.7. The van der Waals surface area contributed by atoms with Crippen LogP contribution in [0.25, 0.3) is 11.3 Å². The predicted octanol–water partition coefficient (Wildman–Crippen LogP) is 9.24. The number of rotatable bonds is 7. The lowest BCUT2D eigenvalue weighted by Gasteiger charge is -2.44. The molecule has 0 radical (unpaired) electrons. The summed E-state index contributed by atoms with van der Waals surface area (Å²) in [6.07, 6.45) is -1.42. The summed E-state index contributed by atoms with van der Waals surface area (Å²) in [5.41, 5.74) is -9.44. The monoisotopic (exact) mass is 940 g/mol. The summed E-state index contributed by atoms with van der Waals surface area (Å²) in [6, 6.07) is 19.0. The third kappa shape index (κ3) is 7.68. The molecule has 0 fully saturated rings. The van der Waals surface area contributed by atoms with E-state index in [4.69, 9.17) is 0 Å². The number of hydrogen-bond acceptors (Lipinski definition) is 1. The topological polar surface area (TPSA) is 16.8 Å². The molecule has 0 atom stereocenters. The first-order chi connectivity index (χ1) is 30.5. The molecule has 0 aliphatic carbocycles. The summed E-state index contributed by atoms with van der Waals surface area (Å²) >= 11 is 0. The van der Waals surface area contributed by atoms with Gasteiger partial charge in [-0.15, -0.1) is 21.9 Å². The van der Waals surface area contributed by atoms with Gasteiger partial charge >= 0.3 is 0 Å². The lowest BCUT2D eigenvalue weighted by molar-refractivity contribution is -0.678. The zero-order chi connectivity index (χ0) is 48.1. The van der Waals surface area contributed by atoms with Crippen molar-refractivity contribution in [2.45, 2.75) is 13.5 Å². The second-order valence-corrected chi connectivity index (χ2v) is 13.7. The zero-order valence-electron chi connectivity index (χ0n) is 31.7. The van der Waals surface area contributed by atoms with Crippen molar-refractivity contribution in [2.75, 3.05) is 0 Å². The maximum atomic E-state index is 15.4. The molecule has 65 heavy (non-hydrogen) atoms. The third-order valence-corrected chi connectivity index (χ3v) is 10.1. The molecule has 1 aromatic heterocycles. The van der Waals surface area contributed by atoms with Crippen LogP contribution in [0.3, 0.4) is 0 Å². The van der Waals surface area contributed by atoms with Gasteiger partial charge in [0.2, 0.25) is 5.69 Å². The molecule has 0 aliphatic rings. The van der Waals surface area contributed by atoms with Crippen LogP contribution in [0.1, 0.15) is 11.1 Å². The van der Waals surface area contributed by atoms with E-state index in [1.807, 2.05) is 24.7 Å². The van der Waals surface area contributed by atoms with Crippen molar-refractivity contribution >= 4 is 28.0 Å². The molecule has 338 valence electrons. The van der Waals surface area contributed by atoms with E-state index >= 15 is 35.1 Å². The molecule has 0 N–H and O–H groups in total. The largest absolute Gasteiger partial charge is 0.252 e. The Bertz CT molecular complexity index is 2660. The number of aryl methyl sites for hydroxylation is 1. The van der Waals surface area contributed by atoms with Crippen LogP contribution in [0.4, 0.5) is 87.8 Å². The highest BCUT2D eigenvalue weighted by Crippen LogP contribution is 2.31. The van der Waals surface area contributed by atoms with Crippen LogP contribution in [0.5, 0.6) is 0 Å². The summed E-state index contributed by atoms with van der Waals surface area (Å²) in [4.78, 5) is 4.27. The Morgan fingerprint density at radius 3 is 1.05 bits per heavy atom. The average Bonchev–Trinajstić information content (AvgIpc) is 3.29. The summed E-state index contributed by atoms with van der Waals surface area (Å²) in [5, 5.41) is 0. The Morgan fingerprint density at radius 2 is 0.723 bits per heavy atom. The number of halogens is 20. The summed E-state index contributed by atoms with van der Waals surface area (Å²) < 4.78 is 296. The van der Waals surface area contributed by atoms with E-state index in [0.717, 1.165) is 12.2 Å². The first kappa shape index (κ1) is 47.5. The molecular formula is C42H17BF20N2. The van der Waals surface area contributed by atoms with Crippen LogP contribution in [0.2, 0.25) is 0 Å². The molecule has 0 saturated carbocycles. The molecule has 7 rings (SSSR count). The van der Waals surface area contributed by atoms with Gasteiger partial charge < -0.3 is 0 Å². The van der Waals surface area contributed by atoms with Crippen molar-refractivity contribution in [1.82, 2.24) is 4.98 Å². The fraction of sp³-hybridized carbons (Fsp3) is 0.0476. The Labute approximate surface area is 350 Å². The van der Waals surface area contributed by atoms with E-state index in [-0.39, 0.29) is 0 Å². The fourth-order valence-electron chi connectivity index (χ4n) is 7.22. The summed E-state index contributed by atoms with van der Waals surface area (Å²) in [6.45, 7) is 2.97. The van der Waals surface area contributed by atoms with Crippen LogP contribution in [-0.2, 0) is 6.54 Å². The Hall–Kier alpha value is -6.94. The Kier molecular flexibility index (Phi) is 13.1. The highest BCUT2D eigenvalue weighted by molar-refractivity contribution is 7.20. The fourth-order valence-corrected chi connectivity index (χ4v) is 7.22. The third-order valence-electron chi connectivity index (χ3n) is 10.1. The van der Waals surface area contributed by atoms with Crippen molar-refractivity contribution in [3.8, 4) is 11.3 Å². The molecule has 0 bridgehead atoms. The average molecular weight is 940 g/mol. The lowest BCUT2D eigenvalue weighted by atomic mass is 9.12. The minimum Gasteiger partial charge on any atom is -0.252 e. The highest BCUT2D eigenvalue weighted by Gasteiger charge is 2.52. The van der Waals surface area contributed by atoms with Gasteiger partial charge in [0.1, 0.15) is 52.7 Å². The van der Waals surface area contributed by atoms with Crippen molar-refractivity contribution in [3.63, 3.8) is 0 Å². The van der Waals surface area contributed by atoms with E-state index < -0.39 is 144 Å². The van der Waals surface area contributed by atoms with Gasteiger partial charge in [-0.2, -0.15) is 4.57 Å². The van der Waals surface area contributed by atoms with E-state index in [9.17, 15) is 52.7 Å². The van der Waals surface area contributed by atoms with Crippen molar-refractivity contribution in [3.05, 3.63) is 201 Å². The van der Waals surface area contributed by atoms with Gasteiger partial charge in [0.25, 0.3) is 0 Å². The Balaban J connectivity index is 0.000000289. The van der Waals surface area contributed by atoms with Gasteiger partial charge in [0.05, 0.1) is 12.4 Å². The molecule has 0 unspecified atom stereocenters. The lowest BCUT2D eigenvalue weighted by Crippen LogP contribution is -2.81. The molecule has 6 aromatic carbocycles. The van der Waals surface area contributed by atoms with Crippen molar-refractivity contribution in [1.29, 1.82) is 0 Å². The maximum absolute atomic E-state index is 15.4. The molecule has 0 saturated heterocycles. The predicted molar refractivity (Wildman–Crippen MR) is 189 cm³/mol. The van der Waals surface area contributed by atoms with Gasteiger partial charge in [-0.25, -0.2) is 87.8 Å². The molecule has 0 spiro atoms. The number of nitrogens with zero attached hydrogens (tertiary/aromatic N) is 2. The van der Waals surface area contributed by atoms with E-state index in [2.05, 4.69) is 65.0 Å². The first-order valence-corrected chi connectivity index (χ1v) is 17.7. The van der Waals surface area contributed by atoms with E-state index in [0.29, 0.717) is 0 Å². The second kappa shape index (κ2) is 17.9. The normalized spacial score (nSPS) is 11.5. The van der Waals surface area contributed by atoms with Crippen molar-refractivity contribution < 1.29 is 92.4 Å². The Morgan fingerprint density at radius 1 is 0.400 bits per heavy atom. The van der Waals surface area contributed by atoms with Gasteiger partial charge in [-0.05, 0) is 19.1 Å². The van der Waals surface area contributed by atoms with Gasteiger partial charge in [0.15, 0.2) is 82.5 Å². The molecule has 23 heteroatoms. The van der Waals surface area contributed by atoms with Crippen LogP contribution in [-0.4, -0.2) is 11.1 Å². The second-order valence-electron chi connectivity index (χ2n) is 13.7. The summed E-state index contributed by atoms with van der Waals surface area (Å²) in [7, 11) is 0. The van der Waals surface area contributed by atoms with Crippen LogP contribution in [0, 0.1) is 123 Å².